The Hall–Kier alpha value is -2.28. The van der Waals surface area contributed by atoms with Gasteiger partial charge in [-0.05, 0) is 32.4 Å². The molecule has 1 aromatic carbocycles. The number of ether oxygens (including phenoxy) is 2. The van der Waals surface area contributed by atoms with E-state index < -0.39 is 22.8 Å². The SMILES string of the molecule is CC(C)Oc1ccccc1OCCN1C[C@@]2(C(=O)O)C[C@@]2(C(=O)O)C1. The second-order valence-corrected chi connectivity index (χ2v) is 7.12. The molecule has 7 nitrogen and oxygen atoms in total. The van der Waals surface area contributed by atoms with Gasteiger partial charge in [0.15, 0.2) is 11.5 Å². The molecule has 1 heterocycles. The van der Waals surface area contributed by atoms with E-state index in [-0.39, 0.29) is 25.6 Å². The highest BCUT2D eigenvalue weighted by atomic mass is 16.5. The summed E-state index contributed by atoms with van der Waals surface area (Å²) in [6.07, 6.45) is 0.244. The molecule has 3 rings (SSSR count). The van der Waals surface area contributed by atoms with Crippen LogP contribution >= 0.6 is 0 Å². The number of rotatable bonds is 8. The van der Waals surface area contributed by atoms with Crippen molar-refractivity contribution in [2.75, 3.05) is 26.2 Å². The number of carboxylic acid groups (broad SMARTS) is 2. The monoisotopic (exact) mass is 349 g/mol. The highest BCUT2D eigenvalue weighted by Crippen LogP contribution is 2.68. The first-order valence-electron chi connectivity index (χ1n) is 8.38. The fraction of sp³-hybridized carbons (Fsp3) is 0.556. The lowest BCUT2D eigenvalue weighted by Crippen LogP contribution is -2.32. The molecule has 0 bridgehead atoms. The molecule has 2 fully saturated rings. The van der Waals surface area contributed by atoms with Crippen molar-refractivity contribution in [3.63, 3.8) is 0 Å². The van der Waals surface area contributed by atoms with Crippen LogP contribution in [0.25, 0.3) is 0 Å². The lowest BCUT2D eigenvalue weighted by atomic mass is 9.97. The summed E-state index contributed by atoms with van der Waals surface area (Å²) >= 11 is 0. The Bertz CT molecular complexity index is 662. The summed E-state index contributed by atoms with van der Waals surface area (Å²) in [5.41, 5.74) is -2.28. The van der Waals surface area contributed by atoms with E-state index in [0.29, 0.717) is 24.7 Å². The first-order chi connectivity index (χ1) is 11.8. The van der Waals surface area contributed by atoms with Crippen LogP contribution in [-0.4, -0.2) is 59.4 Å². The number of piperidine rings is 1. The molecule has 136 valence electrons. The lowest BCUT2D eigenvalue weighted by Gasteiger charge is -2.20. The highest BCUT2D eigenvalue weighted by molar-refractivity contribution is 5.94. The van der Waals surface area contributed by atoms with Crippen LogP contribution < -0.4 is 9.47 Å². The molecule has 0 unspecified atom stereocenters. The number of hydrogen-bond acceptors (Lipinski definition) is 5. The molecule has 0 spiro atoms. The largest absolute Gasteiger partial charge is 0.488 e. The lowest BCUT2D eigenvalue weighted by molar-refractivity contribution is -0.151. The molecule has 0 amide bonds. The molecule has 1 saturated heterocycles. The third kappa shape index (κ3) is 2.93. The molecule has 1 saturated carbocycles. The molecule has 1 aliphatic carbocycles. The Balaban J connectivity index is 1.58. The van der Waals surface area contributed by atoms with Gasteiger partial charge in [0.25, 0.3) is 0 Å². The minimum absolute atomic E-state index is 0.0290. The van der Waals surface area contributed by atoms with Crippen molar-refractivity contribution >= 4 is 11.9 Å². The average molecular weight is 349 g/mol. The Labute approximate surface area is 146 Å². The summed E-state index contributed by atoms with van der Waals surface area (Å²) in [6.45, 7) is 5.18. The van der Waals surface area contributed by atoms with Crippen LogP contribution in [0.4, 0.5) is 0 Å². The van der Waals surface area contributed by atoms with E-state index in [9.17, 15) is 19.8 Å². The van der Waals surface area contributed by atoms with Crippen LogP contribution in [0, 0.1) is 10.8 Å². The number of benzene rings is 1. The van der Waals surface area contributed by atoms with Gasteiger partial charge in [0, 0.05) is 19.6 Å². The van der Waals surface area contributed by atoms with Gasteiger partial charge in [-0.3, -0.25) is 14.5 Å². The molecule has 0 radical (unpaired) electrons. The van der Waals surface area contributed by atoms with Crippen LogP contribution in [0.5, 0.6) is 11.5 Å². The molecular weight excluding hydrogens is 326 g/mol. The van der Waals surface area contributed by atoms with E-state index in [1.54, 1.807) is 0 Å². The predicted molar refractivity (Wildman–Crippen MR) is 88.9 cm³/mol. The van der Waals surface area contributed by atoms with Gasteiger partial charge in [-0.1, -0.05) is 12.1 Å². The van der Waals surface area contributed by atoms with Crippen molar-refractivity contribution in [2.24, 2.45) is 10.8 Å². The predicted octanol–water partition coefficient (Wildman–Crippen LogP) is 1.71. The third-order valence-corrected chi connectivity index (χ3v) is 5.08. The van der Waals surface area contributed by atoms with Gasteiger partial charge in [-0.25, -0.2) is 0 Å². The Kier molecular flexibility index (Phi) is 4.36. The Morgan fingerprint density at radius 2 is 1.68 bits per heavy atom. The van der Waals surface area contributed by atoms with Crippen LogP contribution in [-0.2, 0) is 9.59 Å². The summed E-state index contributed by atoms with van der Waals surface area (Å²) < 4.78 is 11.5. The van der Waals surface area contributed by atoms with Crippen LogP contribution in [0.1, 0.15) is 20.3 Å². The zero-order valence-corrected chi connectivity index (χ0v) is 14.4. The maximum absolute atomic E-state index is 11.5. The first kappa shape index (κ1) is 17.5. The summed E-state index contributed by atoms with van der Waals surface area (Å²) in [6, 6.07) is 7.37. The second kappa shape index (κ2) is 6.22. The number of aliphatic carboxylic acids is 2. The van der Waals surface area contributed by atoms with Gasteiger partial charge < -0.3 is 19.7 Å². The average Bonchev–Trinajstić information content (AvgIpc) is 3.08. The highest BCUT2D eigenvalue weighted by Gasteiger charge is 2.80. The number of para-hydroxylation sites is 2. The molecule has 2 atom stereocenters. The van der Waals surface area contributed by atoms with E-state index in [0.717, 1.165) is 0 Å². The quantitative estimate of drug-likeness (QED) is 0.737. The molecule has 1 aliphatic heterocycles. The molecular formula is C18H23NO6. The Morgan fingerprint density at radius 1 is 1.12 bits per heavy atom. The van der Waals surface area contributed by atoms with Crippen LogP contribution in [0.2, 0.25) is 0 Å². The van der Waals surface area contributed by atoms with Crippen molar-refractivity contribution in [1.29, 1.82) is 0 Å². The number of likely N-dealkylation sites (tertiary alicyclic amines) is 1. The van der Waals surface area contributed by atoms with Crippen LogP contribution in [0.3, 0.4) is 0 Å². The molecule has 7 heteroatoms. The van der Waals surface area contributed by atoms with E-state index in [1.807, 2.05) is 43.0 Å². The summed E-state index contributed by atoms with van der Waals surface area (Å²) in [5, 5.41) is 18.9. The molecule has 0 aromatic heterocycles. The van der Waals surface area contributed by atoms with E-state index in [2.05, 4.69) is 0 Å². The molecule has 2 aliphatic rings. The number of nitrogens with zero attached hydrogens (tertiary/aromatic N) is 1. The van der Waals surface area contributed by atoms with Crippen molar-refractivity contribution in [3.8, 4) is 11.5 Å². The maximum Gasteiger partial charge on any atom is 0.312 e. The maximum atomic E-state index is 11.5. The van der Waals surface area contributed by atoms with Gasteiger partial charge in [-0.2, -0.15) is 0 Å². The summed E-state index contributed by atoms with van der Waals surface area (Å²) in [4.78, 5) is 24.9. The fourth-order valence-corrected chi connectivity index (χ4v) is 3.76. The number of hydrogen-bond donors (Lipinski definition) is 2. The third-order valence-electron chi connectivity index (χ3n) is 5.08. The minimum Gasteiger partial charge on any atom is -0.488 e. The van der Waals surface area contributed by atoms with E-state index in [1.165, 1.54) is 0 Å². The molecule has 25 heavy (non-hydrogen) atoms. The number of carboxylic acids is 2. The smallest absolute Gasteiger partial charge is 0.312 e. The molecule has 1 aromatic rings. The van der Waals surface area contributed by atoms with Crippen molar-refractivity contribution in [3.05, 3.63) is 24.3 Å². The normalized spacial score (nSPS) is 27.8. The standard InChI is InChI=1S/C18H23NO6/c1-12(2)25-14-6-4-3-5-13(14)24-8-7-19-10-17(15(20)21)9-18(17,11-19)16(22)23/h3-6,12H,7-11H2,1-2H3,(H,20,21)(H,22,23)/t17-,18+. The summed E-state index contributed by atoms with van der Waals surface area (Å²) in [5.74, 6) is -0.754. The zero-order valence-electron chi connectivity index (χ0n) is 14.4. The van der Waals surface area contributed by atoms with Gasteiger partial charge in [0.2, 0.25) is 0 Å². The van der Waals surface area contributed by atoms with Gasteiger partial charge in [0.1, 0.15) is 6.61 Å². The molecule has 2 N–H and O–H groups in total. The van der Waals surface area contributed by atoms with Gasteiger partial charge in [-0.15, -0.1) is 0 Å². The van der Waals surface area contributed by atoms with E-state index >= 15 is 0 Å². The fourth-order valence-electron chi connectivity index (χ4n) is 3.76. The zero-order chi connectivity index (χ0) is 18.2. The Morgan fingerprint density at radius 3 is 2.20 bits per heavy atom. The van der Waals surface area contributed by atoms with Crippen molar-refractivity contribution in [1.82, 2.24) is 4.90 Å². The minimum atomic E-state index is -1.14. The first-order valence-corrected chi connectivity index (χ1v) is 8.38. The number of fused-ring (bicyclic) bond motifs is 1. The second-order valence-electron chi connectivity index (χ2n) is 7.12. The van der Waals surface area contributed by atoms with Gasteiger partial charge in [0.05, 0.1) is 16.9 Å². The van der Waals surface area contributed by atoms with E-state index in [4.69, 9.17) is 9.47 Å². The summed E-state index contributed by atoms with van der Waals surface area (Å²) in [7, 11) is 0. The van der Waals surface area contributed by atoms with Crippen molar-refractivity contribution in [2.45, 2.75) is 26.4 Å². The topological polar surface area (TPSA) is 96.3 Å². The van der Waals surface area contributed by atoms with Gasteiger partial charge >= 0.3 is 11.9 Å². The number of carbonyl (C=O) groups is 2. The van der Waals surface area contributed by atoms with Crippen LogP contribution in [0.15, 0.2) is 24.3 Å². The van der Waals surface area contributed by atoms with Crippen molar-refractivity contribution < 1.29 is 29.3 Å².